The highest BCUT2D eigenvalue weighted by molar-refractivity contribution is 14.0. The molecule has 0 radical (unpaired) electrons. The molecule has 2 heterocycles. The van der Waals surface area contributed by atoms with Gasteiger partial charge < -0.3 is 15.4 Å². The van der Waals surface area contributed by atoms with Gasteiger partial charge in [-0.05, 0) is 23.9 Å². The zero-order chi connectivity index (χ0) is 16.3. The average Bonchev–Trinajstić information content (AvgIpc) is 3.10. The van der Waals surface area contributed by atoms with E-state index in [1.54, 1.807) is 24.6 Å². The maximum Gasteiger partial charge on any atom is 0.218 e. The minimum atomic E-state index is 0. The van der Waals surface area contributed by atoms with Gasteiger partial charge in [-0.1, -0.05) is 25.5 Å². The zero-order valence-electron chi connectivity index (χ0n) is 14.1. The molecule has 0 aliphatic heterocycles. The van der Waals surface area contributed by atoms with Crippen molar-refractivity contribution < 1.29 is 4.74 Å². The first-order chi connectivity index (χ1) is 11.3. The summed E-state index contributed by atoms with van der Waals surface area (Å²) in [5.74, 6) is 1.46. The predicted molar refractivity (Wildman–Crippen MR) is 111 cm³/mol. The lowest BCUT2D eigenvalue weighted by Crippen LogP contribution is -2.36. The highest BCUT2D eigenvalue weighted by atomic mass is 127. The van der Waals surface area contributed by atoms with E-state index >= 15 is 0 Å². The van der Waals surface area contributed by atoms with Crippen LogP contribution in [0.15, 0.2) is 40.8 Å². The van der Waals surface area contributed by atoms with E-state index in [1.807, 2.05) is 18.2 Å². The summed E-state index contributed by atoms with van der Waals surface area (Å²) >= 11 is 1.73. The third-order valence-corrected chi connectivity index (χ3v) is 4.14. The molecule has 0 spiro atoms. The van der Waals surface area contributed by atoms with E-state index in [2.05, 4.69) is 39.0 Å². The number of hydrogen-bond acceptors (Lipinski definition) is 4. The van der Waals surface area contributed by atoms with Gasteiger partial charge in [0.2, 0.25) is 5.88 Å². The van der Waals surface area contributed by atoms with Gasteiger partial charge in [0.05, 0.1) is 13.2 Å². The molecule has 2 rings (SSSR count). The van der Waals surface area contributed by atoms with Crippen molar-refractivity contribution in [2.45, 2.75) is 32.9 Å². The number of nitrogens with one attached hydrogen (secondary N) is 2. The number of hydrogen-bond donors (Lipinski definition) is 2. The van der Waals surface area contributed by atoms with Crippen molar-refractivity contribution in [3.63, 3.8) is 0 Å². The largest absolute Gasteiger partial charge is 0.477 e. The fourth-order valence-electron chi connectivity index (χ4n) is 1.99. The van der Waals surface area contributed by atoms with E-state index in [0.29, 0.717) is 19.0 Å². The summed E-state index contributed by atoms with van der Waals surface area (Å²) < 4.78 is 5.75. The number of ether oxygens (including phenoxy) is 1. The second-order valence-corrected chi connectivity index (χ2v) is 6.06. The van der Waals surface area contributed by atoms with Gasteiger partial charge in [-0.15, -0.1) is 35.3 Å². The Bertz CT molecular complexity index is 604. The van der Waals surface area contributed by atoms with Gasteiger partial charge in [0.15, 0.2) is 5.96 Å². The highest BCUT2D eigenvalue weighted by Crippen LogP contribution is 2.14. The average molecular weight is 460 g/mol. The quantitative estimate of drug-likeness (QED) is 0.272. The lowest BCUT2D eigenvalue weighted by Gasteiger charge is -2.13. The Kier molecular flexibility index (Phi) is 10.4. The van der Waals surface area contributed by atoms with Gasteiger partial charge in [0, 0.05) is 30.2 Å². The second kappa shape index (κ2) is 12.1. The van der Waals surface area contributed by atoms with Crippen molar-refractivity contribution in [1.82, 2.24) is 15.6 Å². The van der Waals surface area contributed by atoms with Crippen LogP contribution in [0.2, 0.25) is 0 Å². The Hall–Kier alpha value is -1.35. The Morgan fingerprint density at radius 1 is 1.25 bits per heavy atom. The van der Waals surface area contributed by atoms with Gasteiger partial charge in [-0.3, -0.25) is 4.99 Å². The number of aliphatic imine (C=N–C) groups is 1. The lowest BCUT2D eigenvalue weighted by atomic mass is 10.2. The van der Waals surface area contributed by atoms with Crippen LogP contribution in [0.5, 0.6) is 5.88 Å². The molecule has 2 aromatic heterocycles. The molecule has 5 nitrogen and oxygen atoms in total. The number of pyridine rings is 1. The number of unbranched alkanes of at least 4 members (excludes halogenated alkanes) is 1. The number of rotatable bonds is 8. The molecule has 0 saturated carbocycles. The molecule has 0 unspecified atom stereocenters. The first-order valence-electron chi connectivity index (χ1n) is 7.87. The van der Waals surface area contributed by atoms with Crippen LogP contribution >= 0.6 is 35.3 Å². The number of thiophene rings is 1. The van der Waals surface area contributed by atoms with Crippen LogP contribution in [-0.2, 0) is 13.1 Å². The molecule has 0 aliphatic rings. The lowest BCUT2D eigenvalue weighted by molar-refractivity contribution is 0.294. The molecule has 24 heavy (non-hydrogen) atoms. The molecule has 7 heteroatoms. The summed E-state index contributed by atoms with van der Waals surface area (Å²) in [6, 6.07) is 8.10. The fraction of sp³-hybridized carbons (Fsp3) is 0.412. The van der Waals surface area contributed by atoms with Gasteiger partial charge in [0.25, 0.3) is 0 Å². The molecule has 0 atom stereocenters. The van der Waals surface area contributed by atoms with E-state index in [0.717, 1.165) is 30.9 Å². The van der Waals surface area contributed by atoms with Gasteiger partial charge in [0.1, 0.15) is 0 Å². The van der Waals surface area contributed by atoms with Crippen LogP contribution in [-0.4, -0.2) is 24.6 Å². The van der Waals surface area contributed by atoms with Crippen LogP contribution in [0, 0.1) is 0 Å². The molecule has 2 N–H and O–H groups in total. The minimum absolute atomic E-state index is 0. The van der Waals surface area contributed by atoms with E-state index < -0.39 is 0 Å². The van der Waals surface area contributed by atoms with Crippen molar-refractivity contribution in [3.05, 3.63) is 46.3 Å². The standard InChI is InChI=1S/C17H24N4OS.HI/c1-3-4-10-22-16-14(7-5-9-19-16)12-20-17(18-2)21-13-15-8-6-11-23-15;/h5-9,11H,3-4,10,12-13H2,1-2H3,(H2,18,20,21);1H. The molecule has 0 aliphatic carbocycles. The van der Waals surface area contributed by atoms with Crippen LogP contribution < -0.4 is 15.4 Å². The maximum atomic E-state index is 5.75. The van der Waals surface area contributed by atoms with Crippen molar-refractivity contribution in [3.8, 4) is 5.88 Å². The third-order valence-electron chi connectivity index (χ3n) is 3.27. The molecule has 0 bridgehead atoms. The smallest absolute Gasteiger partial charge is 0.218 e. The summed E-state index contributed by atoms with van der Waals surface area (Å²) in [6.45, 7) is 4.24. The molecular weight excluding hydrogens is 435 g/mol. The summed E-state index contributed by atoms with van der Waals surface area (Å²) in [6.07, 6.45) is 3.90. The molecule has 0 aromatic carbocycles. The zero-order valence-corrected chi connectivity index (χ0v) is 17.3. The Morgan fingerprint density at radius 2 is 2.08 bits per heavy atom. The monoisotopic (exact) mass is 460 g/mol. The molecule has 0 amide bonds. The van der Waals surface area contributed by atoms with E-state index in [9.17, 15) is 0 Å². The third kappa shape index (κ3) is 7.04. The highest BCUT2D eigenvalue weighted by Gasteiger charge is 2.06. The molecule has 2 aromatic rings. The van der Waals surface area contributed by atoms with Crippen molar-refractivity contribution in [2.24, 2.45) is 4.99 Å². The number of nitrogens with zero attached hydrogens (tertiary/aromatic N) is 2. The van der Waals surface area contributed by atoms with Crippen molar-refractivity contribution in [2.75, 3.05) is 13.7 Å². The normalized spacial score (nSPS) is 10.8. The van der Waals surface area contributed by atoms with Crippen LogP contribution in [0.3, 0.4) is 0 Å². The van der Waals surface area contributed by atoms with Crippen molar-refractivity contribution >= 4 is 41.3 Å². The Labute approximate surface area is 165 Å². The summed E-state index contributed by atoms with van der Waals surface area (Å²) in [7, 11) is 1.77. The summed E-state index contributed by atoms with van der Waals surface area (Å²) in [4.78, 5) is 9.84. The molecule has 132 valence electrons. The molecule has 0 fully saturated rings. The summed E-state index contributed by atoms with van der Waals surface area (Å²) in [5.41, 5.74) is 1.03. The van der Waals surface area contributed by atoms with E-state index in [-0.39, 0.29) is 24.0 Å². The van der Waals surface area contributed by atoms with Gasteiger partial charge in [-0.25, -0.2) is 4.98 Å². The minimum Gasteiger partial charge on any atom is -0.477 e. The summed E-state index contributed by atoms with van der Waals surface area (Å²) in [5, 5.41) is 8.68. The maximum absolute atomic E-state index is 5.75. The van der Waals surface area contributed by atoms with Gasteiger partial charge in [-0.2, -0.15) is 0 Å². The number of guanidine groups is 1. The van der Waals surface area contributed by atoms with E-state index in [4.69, 9.17) is 4.74 Å². The second-order valence-electron chi connectivity index (χ2n) is 5.03. The Balaban J connectivity index is 0.00000288. The first-order valence-corrected chi connectivity index (χ1v) is 8.75. The van der Waals surface area contributed by atoms with Crippen LogP contribution in [0.4, 0.5) is 0 Å². The predicted octanol–water partition coefficient (Wildman–Crippen LogP) is 3.81. The first kappa shape index (κ1) is 20.7. The number of aromatic nitrogens is 1. The van der Waals surface area contributed by atoms with Crippen LogP contribution in [0.1, 0.15) is 30.2 Å². The van der Waals surface area contributed by atoms with E-state index in [1.165, 1.54) is 4.88 Å². The Morgan fingerprint density at radius 3 is 2.79 bits per heavy atom. The number of halogens is 1. The van der Waals surface area contributed by atoms with Gasteiger partial charge >= 0.3 is 0 Å². The van der Waals surface area contributed by atoms with Crippen molar-refractivity contribution in [1.29, 1.82) is 0 Å². The molecular formula is C17H25IN4OS. The molecule has 0 saturated heterocycles. The topological polar surface area (TPSA) is 58.5 Å². The van der Waals surface area contributed by atoms with Crippen LogP contribution in [0.25, 0.3) is 0 Å². The SMILES string of the molecule is CCCCOc1ncccc1CNC(=NC)NCc1cccs1.I. The fourth-order valence-corrected chi connectivity index (χ4v) is 2.63.